The number of rotatable bonds is 4. The van der Waals surface area contributed by atoms with Crippen LogP contribution >= 0.6 is 23.2 Å². The molecule has 0 spiro atoms. The van der Waals surface area contributed by atoms with Crippen LogP contribution < -0.4 is 10.2 Å². The van der Waals surface area contributed by atoms with Crippen molar-refractivity contribution in [1.82, 2.24) is 4.98 Å². The summed E-state index contributed by atoms with van der Waals surface area (Å²) in [7, 11) is 0. The molecule has 2 rings (SSSR count). The van der Waals surface area contributed by atoms with E-state index in [0.717, 1.165) is 31.9 Å². The highest BCUT2D eigenvalue weighted by Crippen LogP contribution is 2.34. The molecule has 1 aromatic heterocycles. The zero-order chi connectivity index (χ0) is 15.6. The first-order chi connectivity index (χ1) is 9.82. The molecule has 4 nitrogen and oxygen atoms in total. The number of nitrogens with zero attached hydrogens (tertiary/aromatic N) is 2. The molecule has 0 aliphatic carbocycles. The van der Waals surface area contributed by atoms with Crippen LogP contribution in [0, 0.1) is 0 Å². The van der Waals surface area contributed by atoms with E-state index >= 15 is 0 Å². The lowest BCUT2D eigenvalue weighted by atomic mass is 10.1. The number of hydrogen-bond acceptors (Lipinski definition) is 4. The van der Waals surface area contributed by atoms with Crippen molar-refractivity contribution in [2.75, 3.05) is 29.9 Å². The first kappa shape index (κ1) is 16.7. The van der Waals surface area contributed by atoms with Gasteiger partial charge in [-0.15, -0.1) is 0 Å². The van der Waals surface area contributed by atoms with E-state index in [1.165, 1.54) is 0 Å². The molecule has 1 unspecified atom stereocenters. The Labute approximate surface area is 136 Å². The Kier molecular flexibility index (Phi) is 5.23. The minimum absolute atomic E-state index is 0.134. The predicted molar refractivity (Wildman–Crippen MR) is 89.9 cm³/mol. The van der Waals surface area contributed by atoms with Crippen molar-refractivity contribution >= 4 is 34.8 Å². The smallest absolute Gasteiger partial charge is 0.150 e. The number of hydrogen-bond donors (Lipinski definition) is 1. The molecule has 0 amide bonds. The Balaban J connectivity index is 2.29. The molecule has 0 aromatic carbocycles. The molecule has 0 radical (unpaired) electrons. The number of anilines is 2. The fourth-order valence-corrected chi connectivity index (χ4v) is 3.21. The molecular formula is C15H23Cl2N3O. The lowest BCUT2D eigenvalue weighted by Crippen LogP contribution is -2.52. The van der Waals surface area contributed by atoms with Crippen molar-refractivity contribution in [2.45, 2.75) is 45.8 Å². The number of pyridine rings is 1. The van der Waals surface area contributed by atoms with E-state index in [9.17, 15) is 0 Å². The zero-order valence-electron chi connectivity index (χ0n) is 13.0. The highest BCUT2D eigenvalue weighted by atomic mass is 35.5. The van der Waals surface area contributed by atoms with Gasteiger partial charge in [-0.05, 0) is 33.3 Å². The Morgan fingerprint density at radius 2 is 2.14 bits per heavy atom. The van der Waals surface area contributed by atoms with E-state index in [0.29, 0.717) is 15.9 Å². The second-order valence-corrected chi connectivity index (χ2v) is 6.93. The first-order valence-electron chi connectivity index (χ1n) is 7.35. The van der Waals surface area contributed by atoms with Crippen molar-refractivity contribution in [1.29, 1.82) is 0 Å². The Morgan fingerprint density at radius 1 is 1.43 bits per heavy atom. The standard InChI is InChI=1S/C15H23Cl2N3O/c1-5-6-18-13-11(16)7-12(17)14(19-13)20-8-10(2)21-15(3,4)9-20/h7,10H,5-6,8-9H2,1-4H3,(H,18,19). The van der Waals surface area contributed by atoms with E-state index in [4.69, 9.17) is 27.9 Å². The second-order valence-electron chi connectivity index (χ2n) is 6.12. The van der Waals surface area contributed by atoms with E-state index < -0.39 is 0 Å². The van der Waals surface area contributed by atoms with Gasteiger partial charge in [0, 0.05) is 19.6 Å². The van der Waals surface area contributed by atoms with E-state index in [-0.39, 0.29) is 11.7 Å². The van der Waals surface area contributed by atoms with Gasteiger partial charge in [-0.25, -0.2) is 4.98 Å². The molecule has 118 valence electrons. The van der Waals surface area contributed by atoms with Crippen LogP contribution in [-0.2, 0) is 4.74 Å². The number of morpholine rings is 1. The third kappa shape index (κ3) is 4.15. The summed E-state index contributed by atoms with van der Waals surface area (Å²) < 4.78 is 5.93. The van der Waals surface area contributed by atoms with E-state index in [2.05, 4.69) is 42.9 Å². The van der Waals surface area contributed by atoms with Crippen LogP contribution in [0.5, 0.6) is 0 Å². The van der Waals surface area contributed by atoms with Crippen molar-refractivity contribution in [3.63, 3.8) is 0 Å². The van der Waals surface area contributed by atoms with Crippen LogP contribution in [0.3, 0.4) is 0 Å². The number of aromatic nitrogens is 1. The fraction of sp³-hybridized carbons (Fsp3) is 0.667. The maximum absolute atomic E-state index is 6.35. The van der Waals surface area contributed by atoms with Gasteiger partial charge in [-0.2, -0.15) is 0 Å². The van der Waals surface area contributed by atoms with Gasteiger partial charge in [0.2, 0.25) is 0 Å². The average molecular weight is 332 g/mol. The van der Waals surface area contributed by atoms with Gasteiger partial charge >= 0.3 is 0 Å². The maximum atomic E-state index is 6.35. The van der Waals surface area contributed by atoms with Crippen molar-refractivity contribution in [3.05, 3.63) is 16.1 Å². The van der Waals surface area contributed by atoms with Crippen molar-refractivity contribution < 1.29 is 4.74 Å². The quantitative estimate of drug-likeness (QED) is 0.896. The molecule has 0 saturated carbocycles. The lowest BCUT2D eigenvalue weighted by Gasteiger charge is -2.42. The molecule has 21 heavy (non-hydrogen) atoms. The predicted octanol–water partition coefficient (Wildman–Crippen LogP) is 4.21. The van der Waals surface area contributed by atoms with Gasteiger partial charge in [0.1, 0.15) is 11.6 Å². The maximum Gasteiger partial charge on any atom is 0.150 e. The monoisotopic (exact) mass is 331 g/mol. The van der Waals surface area contributed by atoms with Gasteiger partial charge in [-0.3, -0.25) is 0 Å². The summed E-state index contributed by atoms with van der Waals surface area (Å²) in [5.41, 5.74) is -0.223. The van der Waals surface area contributed by atoms with Gasteiger partial charge < -0.3 is 15.0 Å². The number of halogens is 2. The summed E-state index contributed by atoms with van der Waals surface area (Å²) in [6.45, 7) is 10.7. The molecular weight excluding hydrogens is 309 g/mol. The van der Waals surface area contributed by atoms with Crippen LogP contribution in [0.25, 0.3) is 0 Å². The Morgan fingerprint density at radius 3 is 2.76 bits per heavy atom. The normalized spacial score (nSPS) is 21.4. The summed E-state index contributed by atoms with van der Waals surface area (Å²) in [6.07, 6.45) is 1.15. The third-order valence-electron chi connectivity index (χ3n) is 3.32. The summed E-state index contributed by atoms with van der Waals surface area (Å²) >= 11 is 12.6. The van der Waals surface area contributed by atoms with Gasteiger partial charge in [0.25, 0.3) is 0 Å². The highest BCUT2D eigenvalue weighted by Gasteiger charge is 2.33. The summed E-state index contributed by atoms with van der Waals surface area (Å²) in [4.78, 5) is 6.80. The molecule has 1 aliphatic heterocycles. The van der Waals surface area contributed by atoms with Crippen LogP contribution in [0.4, 0.5) is 11.6 Å². The van der Waals surface area contributed by atoms with Gasteiger partial charge in [0.05, 0.1) is 21.8 Å². The van der Waals surface area contributed by atoms with Crippen molar-refractivity contribution in [3.8, 4) is 0 Å². The number of nitrogens with one attached hydrogen (secondary N) is 1. The minimum atomic E-state index is -0.223. The SMILES string of the molecule is CCCNc1nc(N2CC(C)OC(C)(C)C2)c(Cl)cc1Cl. The molecule has 1 aliphatic rings. The zero-order valence-corrected chi connectivity index (χ0v) is 14.6. The third-order valence-corrected chi connectivity index (χ3v) is 3.89. The second kappa shape index (κ2) is 6.59. The van der Waals surface area contributed by atoms with E-state index in [1.54, 1.807) is 6.07 Å². The summed E-state index contributed by atoms with van der Waals surface area (Å²) in [5, 5.41) is 4.37. The van der Waals surface area contributed by atoms with Crippen LogP contribution in [0.2, 0.25) is 10.0 Å². The molecule has 1 saturated heterocycles. The summed E-state index contributed by atoms with van der Waals surface area (Å²) in [5.74, 6) is 1.46. The first-order valence-corrected chi connectivity index (χ1v) is 8.10. The van der Waals surface area contributed by atoms with Crippen LogP contribution in [-0.4, -0.2) is 36.3 Å². The van der Waals surface area contributed by atoms with Crippen molar-refractivity contribution in [2.24, 2.45) is 0 Å². The van der Waals surface area contributed by atoms with E-state index in [1.807, 2.05) is 0 Å². The molecule has 2 heterocycles. The largest absolute Gasteiger partial charge is 0.369 e. The molecule has 6 heteroatoms. The average Bonchev–Trinajstić information content (AvgIpc) is 2.35. The summed E-state index contributed by atoms with van der Waals surface area (Å²) in [6, 6.07) is 1.76. The van der Waals surface area contributed by atoms with Gasteiger partial charge in [-0.1, -0.05) is 30.1 Å². The highest BCUT2D eigenvalue weighted by molar-refractivity contribution is 6.37. The number of ether oxygens (including phenoxy) is 1. The molecule has 1 fully saturated rings. The lowest BCUT2D eigenvalue weighted by molar-refractivity contribution is -0.0751. The molecule has 1 aromatic rings. The Bertz CT molecular complexity index is 508. The van der Waals surface area contributed by atoms with Crippen LogP contribution in [0.15, 0.2) is 6.07 Å². The molecule has 1 N–H and O–H groups in total. The fourth-order valence-electron chi connectivity index (χ4n) is 2.66. The van der Waals surface area contributed by atoms with Gasteiger partial charge in [0.15, 0.2) is 0 Å². The minimum Gasteiger partial charge on any atom is -0.369 e. The Hall–Kier alpha value is -0.710. The topological polar surface area (TPSA) is 37.4 Å². The van der Waals surface area contributed by atoms with Crippen LogP contribution in [0.1, 0.15) is 34.1 Å². The molecule has 1 atom stereocenters. The molecule has 0 bridgehead atoms.